The molecule has 0 aliphatic carbocycles. The average Bonchev–Trinajstić information content (AvgIpc) is 2.92. The Morgan fingerprint density at radius 3 is 2.68 bits per heavy atom. The number of nitrogen functional groups attached to an aromatic ring is 1. The minimum atomic E-state index is 0.285. The fourth-order valence-electron chi connectivity index (χ4n) is 1.39. The summed E-state index contributed by atoms with van der Waals surface area (Å²) in [4.78, 5) is 14.6. The molecule has 9 heteroatoms. The van der Waals surface area contributed by atoms with Crippen LogP contribution >= 0.6 is 0 Å². The van der Waals surface area contributed by atoms with Crippen LogP contribution in [0.1, 0.15) is 0 Å². The van der Waals surface area contributed by atoms with Crippen molar-refractivity contribution in [2.24, 2.45) is 5.84 Å². The topological polar surface area (TPSA) is 110 Å². The van der Waals surface area contributed by atoms with Gasteiger partial charge in [0, 0.05) is 25.5 Å². The van der Waals surface area contributed by atoms with Gasteiger partial charge in [0.15, 0.2) is 0 Å². The number of nitrogens with two attached hydrogens (primary N) is 1. The zero-order valence-corrected chi connectivity index (χ0v) is 10.9. The lowest BCUT2D eigenvalue weighted by atomic mass is 10.6. The van der Waals surface area contributed by atoms with E-state index in [0.29, 0.717) is 11.9 Å². The highest BCUT2D eigenvalue weighted by atomic mass is 15.4. The fraction of sp³-hybridized carbons (Fsp3) is 0.400. The van der Waals surface area contributed by atoms with Gasteiger partial charge in [0.2, 0.25) is 11.9 Å². The Hall–Kier alpha value is -2.26. The minimum Gasteiger partial charge on any atom is -0.353 e. The summed E-state index contributed by atoms with van der Waals surface area (Å²) in [5, 5.41) is 7.18. The Kier molecular flexibility index (Phi) is 4.21. The summed E-state index contributed by atoms with van der Waals surface area (Å²) in [6.45, 7) is 1.59. The molecule has 0 unspecified atom stereocenters. The lowest BCUT2D eigenvalue weighted by Gasteiger charge is -2.11. The second kappa shape index (κ2) is 6.07. The first kappa shape index (κ1) is 13.2. The van der Waals surface area contributed by atoms with Crippen molar-refractivity contribution in [2.75, 3.05) is 37.9 Å². The van der Waals surface area contributed by atoms with E-state index in [1.54, 1.807) is 23.1 Å². The summed E-state index contributed by atoms with van der Waals surface area (Å²) < 4.78 is 1.54. The molecule has 2 rings (SSSR count). The molecule has 0 spiro atoms. The molecule has 0 atom stereocenters. The molecule has 0 aliphatic heterocycles. The second-order valence-corrected chi connectivity index (χ2v) is 4.11. The van der Waals surface area contributed by atoms with Crippen LogP contribution in [0.3, 0.4) is 0 Å². The van der Waals surface area contributed by atoms with E-state index in [4.69, 9.17) is 5.84 Å². The first-order valence-corrected chi connectivity index (χ1v) is 5.80. The Balaban J connectivity index is 2.16. The van der Waals surface area contributed by atoms with Crippen LogP contribution in [0.2, 0.25) is 0 Å². The van der Waals surface area contributed by atoms with Gasteiger partial charge < -0.3 is 10.2 Å². The van der Waals surface area contributed by atoms with Gasteiger partial charge >= 0.3 is 0 Å². The van der Waals surface area contributed by atoms with Gasteiger partial charge in [0.05, 0.1) is 0 Å². The monoisotopic (exact) mass is 263 g/mol. The fourth-order valence-corrected chi connectivity index (χ4v) is 1.39. The minimum absolute atomic E-state index is 0.285. The maximum atomic E-state index is 5.35. The van der Waals surface area contributed by atoms with E-state index >= 15 is 0 Å². The zero-order valence-electron chi connectivity index (χ0n) is 10.9. The second-order valence-electron chi connectivity index (χ2n) is 4.11. The predicted molar refractivity (Wildman–Crippen MR) is 71.8 cm³/mol. The van der Waals surface area contributed by atoms with Crippen LogP contribution < -0.4 is 16.6 Å². The number of rotatable bonds is 6. The number of nitrogens with zero attached hydrogens (tertiary/aromatic N) is 6. The van der Waals surface area contributed by atoms with E-state index in [2.05, 4.69) is 35.7 Å². The molecule has 0 aliphatic rings. The van der Waals surface area contributed by atoms with Crippen LogP contribution in [-0.2, 0) is 0 Å². The zero-order chi connectivity index (χ0) is 13.7. The van der Waals surface area contributed by atoms with Crippen molar-refractivity contribution in [1.82, 2.24) is 29.6 Å². The van der Waals surface area contributed by atoms with E-state index in [0.717, 1.165) is 13.1 Å². The molecule has 0 aromatic carbocycles. The molecular weight excluding hydrogens is 246 g/mol. The predicted octanol–water partition coefficient (Wildman–Crippen LogP) is -0.684. The van der Waals surface area contributed by atoms with E-state index in [9.17, 15) is 0 Å². The summed E-state index contributed by atoms with van der Waals surface area (Å²) in [6, 6.07) is 1.79. The smallest absolute Gasteiger partial charge is 0.257 e. The van der Waals surface area contributed by atoms with Gasteiger partial charge in [0.1, 0.15) is 0 Å². The summed E-state index contributed by atoms with van der Waals surface area (Å²) in [6.07, 6.45) is 3.40. The molecule has 0 radical (unpaired) electrons. The van der Waals surface area contributed by atoms with Gasteiger partial charge in [-0.15, -0.1) is 0 Å². The van der Waals surface area contributed by atoms with E-state index in [1.807, 2.05) is 14.1 Å². The van der Waals surface area contributed by atoms with E-state index < -0.39 is 0 Å². The highest BCUT2D eigenvalue weighted by Gasteiger charge is 2.07. The summed E-state index contributed by atoms with van der Waals surface area (Å²) in [5.74, 6) is 6.49. The van der Waals surface area contributed by atoms with Gasteiger partial charge in [0.25, 0.3) is 5.95 Å². The number of hydrogen-bond acceptors (Lipinski definition) is 8. The number of hydrogen-bond donors (Lipinski definition) is 3. The Morgan fingerprint density at radius 2 is 2.05 bits per heavy atom. The standard InChI is InChI=1S/C10H17N9/c1-18(2)7-5-12-8-14-9(17-11)16-10(15-8)19-6-3-4-13-19/h3-4,6H,5,7,11H2,1-2H3,(H2,12,14,15,16,17). The third kappa shape index (κ3) is 3.60. The summed E-state index contributed by atoms with van der Waals surface area (Å²) in [7, 11) is 3.99. The molecule has 2 aromatic rings. The summed E-state index contributed by atoms with van der Waals surface area (Å²) >= 11 is 0. The van der Waals surface area contributed by atoms with Gasteiger partial charge in [-0.2, -0.15) is 20.1 Å². The normalized spacial score (nSPS) is 10.7. The van der Waals surface area contributed by atoms with Crippen molar-refractivity contribution < 1.29 is 0 Å². The highest BCUT2D eigenvalue weighted by molar-refractivity contribution is 5.36. The molecule has 0 bridgehead atoms. The number of aromatic nitrogens is 5. The molecule has 0 fully saturated rings. The molecule has 9 nitrogen and oxygen atoms in total. The average molecular weight is 263 g/mol. The first-order chi connectivity index (χ1) is 9.19. The van der Waals surface area contributed by atoms with Crippen molar-refractivity contribution in [3.63, 3.8) is 0 Å². The summed E-state index contributed by atoms with van der Waals surface area (Å²) in [5.41, 5.74) is 2.42. The third-order valence-corrected chi connectivity index (χ3v) is 2.30. The van der Waals surface area contributed by atoms with E-state index in [1.165, 1.54) is 0 Å². The molecule has 4 N–H and O–H groups in total. The molecule has 19 heavy (non-hydrogen) atoms. The van der Waals surface area contributed by atoms with Crippen molar-refractivity contribution >= 4 is 11.9 Å². The van der Waals surface area contributed by atoms with Crippen LogP contribution in [0.4, 0.5) is 11.9 Å². The van der Waals surface area contributed by atoms with Gasteiger partial charge in [-0.1, -0.05) is 0 Å². The molecular formula is C10H17N9. The van der Waals surface area contributed by atoms with Crippen molar-refractivity contribution in [3.05, 3.63) is 18.5 Å². The number of anilines is 2. The van der Waals surface area contributed by atoms with Crippen LogP contribution in [0.15, 0.2) is 18.5 Å². The van der Waals surface area contributed by atoms with Crippen molar-refractivity contribution in [3.8, 4) is 5.95 Å². The quantitative estimate of drug-likeness (QED) is 0.464. The number of nitrogens with one attached hydrogen (secondary N) is 2. The molecule has 0 saturated heterocycles. The van der Waals surface area contributed by atoms with Crippen molar-refractivity contribution in [2.45, 2.75) is 0 Å². The van der Waals surface area contributed by atoms with Crippen LogP contribution in [-0.4, -0.2) is 56.8 Å². The maximum absolute atomic E-state index is 5.35. The molecule has 2 aromatic heterocycles. The third-order valence-electron chi connectivity index (χ3n) is 2.30. The van der Waals surface area contributed by atoms with Crippen LogP contribution in [0, 0.1) is 0 Å². The number of hydrazine groups is 1. The lowest BCUT2D eigenvalue weighted by Crippen LogP contribution is -2.22. The Morgan fingerprint density at radius 1 is 1.26 bits per heavy atom. The van der Waals surface area contributed by atoms with Gasteiger partial charge in [-0.3, -0.25) is 5.43 Å². The van der Waals surface area contributed by atoms with Crippen molar-refractivity contribution in [1.29, 1.82) is 0 Å². The van der Waals surface area contributed by atoms with E-state index in [-0.39, 0.29) is 5.95 Å². The largest absolute Gasteiger partial charge is 0.353 e. The molecule has 0 saturated carbocycles. The Labute approximate surface area is 110 Å². The maximum Gasteiger partial charge on any atom is 0.257 e. The lowest BCUT2D eigenvalue weighted by molar-refractivity contribution is 0.425. The number of likely N-dealkylation sites (N-methyl/N-ethyl adjacent to an activating group) is 1. The Bertz CT molecular complexity index is 508. The van der Waals surface area contributed by atoms with Gasteiger partial charge in [-0.25, -0.2) is 10.5 Å². The first-order valence-electron chi connectivity index (χ1n) is 5.80. The molecule has 2 heterocycles. The molecule has 102 valence electrons. The van der Waals surface area contributed by atoms with Crippen LogP contribution in [0.5, 0.6) is 0 Å². The van der Waals surface area contributed by atoms with Gasteiger partial charge in [-0.05, 0) is 20.2 Å². The highest BCUT2D eigenvalue weighted by Crippen LogP contribution is 2.07. The molecule has 0 amide bonds. The SMILES string of the molecule is CN(C)CCNc1nc(NN)nc(-n2cccn2)n1. The van der Waals surface area contributed by atoms with Crippen LogP contribution in [0.25, 0.3) is 5.95 Å².